The zero-order valence-electron chi connectivity index (χ0n) is 14.2. The summed E-state index contributed by atoms with van der Waals surface area (Å²) in [4.78, 5) is 13.9. The van der Waals surface area contributed by atoms with Crippen molar-refractivity contribution in [2.45, 2.75) is 13.3 Å². The molecule has 0 fully saturated rings. The summed E-state index contributed by atoms with van der Waals surface area (Å²) in [6, 6.07) is 18.0. The highest BCUT2D eigenvalue weighted by Crippen LogP contribution is 2.08. The number of hydrogen-bond donors (Lipinski definition) is 1. The highest BCUT2D eigenvalue weighted by molar-refractivity contribution is 5.85. The second kappa shape index (κ2) is 10.7. The van der Waals surface area contributed by atoms with Gasteiger partial charge in [-0.3, -0.25) is 5.32 Å². The number of carbonyl (C=O) groups excluding carboxylic acids is 1. The van der Waals surface area contributed by atoms with Crippen molar-refractivity contribution >= 4 is 24.2 Å². The van der Waals surface area contributed by atoms with Crippen LogP contribution in [0.2, 0.25) is 0 Å². The maximum Gasteiger partial charge on any atom is 0.411 e. The molecule has 5 heteroatoms. The van der Waals surface area contributed by atoms with E-state index >= 15 is 0 Å². The Morgan fingerprint density at radius 1 is 1.04 bits per heavy atom. The maximum absolute atomic E-state index is 11.7. The number of rotatable bonds is 7. The number of hydrogen-bond acceptors (Lipinski definition) is 3. The van der Waals surface area contributed by atoms with Gasteiger partial charge >= 0.3 is 6.09 Å². The quantitative estimate of drug-likeness (QED) is 0.817. The van der Waals surface area contributed by atoms with Crippen molar-refractivity contribution in [2.24, 2.45) is 0 Å². The third-order valence-corrected chi connectivity index (χ3v) is 3.63. The van der Waals surface area contributed by atoms with Gasteiger partial charge in [-0.1, -0.05) is 48.0 Å². The van der Waals surface area contributed by atoms with E-state index in [4.69, 9.17) is 4.74 Å². The molecule has 0 aliphatic carbocycles. The fraction of sp³-hybridized carbons (Fsp3) is 0.316. The molecule has 2 aromatic carbocycles. The molecule has 0 aliphatic heterocycles. The summed E-state index contributed by atoms with van der Waals surface area (Å²) in [5, 5.41) is 2.72. The SMILES string of the molecule is Cc1ccc(NC(=O)OCCN(C)CCc2ccccc2)cc1.Cl. The molecule has 4 nitrogen and oxygen atoms in total. The maximum atomic E-state index is 11.7. The lowest BCUT2D eigenvalue weighted by Crippen LogP contribution is -2.27. The number of ether oxygens (including phenoxy) is 1. The van der Waals surface area contributed by atoms with Gasteiger partial charge in [-0.15, -0.1) is 12.4 Å². The van der Waals surface area contributed by atoms with Gasteiger partial charge in [0.15, 0.2) is 0 Å². The molecule has 2 rings (SSSR count). The van der Waals surface area contributed by atoms with Crippen LogP contribution in [0.3, 0.4) is 0 Å². The van der Waals surface area contributed by atoms with Crippen molar-refractivity contribution in [3.05, 3.63) is 65.7 Å². The van der Waals surface area contributed by atoms with Crippen LogP contribution in [0.1, 0.15) is 11.1 Å². The first-order valence-corrected chi connectivity index (χ1v) is 7.86. The van der Waals surface area contributed by atoms with Crippen LogP contribution in [-0.2, 0) is 11.2 Å². The second-order valence-corrected chi connectivity index (χ2v) is 5.67. The first kappa shape index (κ1) is 20.0. The number of nitrogens with zero attached hydrogens (tertiary/aromatic N) is 1. The number of anilines is 1. The fourth-order valence-corrected chi connectivity index (χ4v) is 2.16. The Bertz CT molecular complexity index is 603. The normalized spacial score (nSPS) is 10.1. The fourth-order valence-electron chi connectivity index (χ4n) is 2.16. The zero-order valence-corrected chi connectivity index (χ0v) is 15.0. The molecule has 0 unspecified atom stereocenters. The van der Waals surface area contributed by atoms with Gasteiger partial charge < -0.3 is 9.64 Å². The molecule has 1 amide bonds. The zero-order chi connectivity index (χ0) is 16.5. The molecule has 0 bridgehead atoms. The number of halogens is 1. The van der Waals surface area contributed by atoms with Gasteiger partial charge in [0.25, 0.3) is 0 Å². The van der Waals surface area contributed by atoms with Crippen molar-refractivity contribution in [2.75, 3.05) is 32.1 Å². The van der Waals surface area contributed by atoms with Gasteiger partial charge in [0.2, 0.25) is 0 Å². The minimum Gasteiger partial charge on any atom is -0.448 e. The molecule has 0 saturated carbocycles. The first-order chi connectivity index (χ1) is 11.1. The van der Waals surface area contributed by atoms with Gasteiger partial charge in [0.1, 0.15) is 6.61 Å². The van der Waals surface area contributed by atoms with Crippen LogP contribution in [-0.4, -0.2) is 37.7 Å². The predicted molar refractivity (Wildman–Crippen MR) is 101 cm³/mol. The molecule has 0 radical (unpaired) electrons. The second-order valence-electron chi connectivity index (χ2n) is 5.67. The number of carbonyl (C=O) groups is 1. The minimum absolute atomic E-state index is 0. The van der Waals surface area contributed by atoms with Gasteiger partial charge in [-0.2, -0.15) is 0 Å². The number of likely N-dealkylation sites (N-methyl/N-ethyl adjacent to an activating group) is 1. The molecule has 0 aliphatic rings. The van der Waals surface area contributed by atoms with Gasteiger partial charge in [-0.05, 0) is 38.1 Å². The molecule has 0 atom stereocenters. The summed E-state index contributed by atoms with van der Waals surface area (Å²) in [5.74, 6) is 0. The lowest BCUT2D eigenvalue weighted by Gasteiger charge is -2.16. The van der Waals surface area contributed by atoms with E-state index in [2.05, 4.69) is 22.3 Å². The Labute approximate surface area is 150 Å². The van der Waals surface area contributed by atoms with Crippen molar-refractivity contribution in [3.63, 3.8) is 0 Å². The van der Waals surface area contributed by atoms with Crippen LogP contribution in [0.5, 0.6) is 0 Å². The summed E-state index contributed by atoms with van der Waals surface area (Å²) in [6.45, 7) is 4.04. The average Bonchev–Trinajstić information content (AvgIpc) is 2.56. The first-order valence-electron chi connectivity index (χ1n) is 7.86. The van der Waals surface area contributed by atoms with E-state index < -0.39 is 6.09 Å². The van der Waals surface area contributed by atoms with Crippen LogP contribution in [0.15, 0.2) is 54.6 Å². The third kappa shape index (κ3) is 7.49. The smallest absolute Gasteiger partial charge is 0.411 e. The molecule has 2 aromatic rings. The van der Waals surface area contributed by atoms with Crippen molar-refractivity contribution in [3.8, 4) is 0 Å². The predicted octanol–water partition coefficient (Wildman–Crippen LogP) is 4.14. The molecule has 0 spiro atoms. The largest absolute Gasteiger partial charge is 0.448 e. The molecule has 0 heterocycles. The van der Waals surface area contributed by atoms with Crippen molar-refractivity contribution < 1.29 is 9.53 Å². The molecule has 130 valence electrons. The molecular formula is C19H25ClN2O2. The number of amides is 1. The lowest BCUT2D eigenvalue weighted by molar-refractivity contribution is 0.146. The van der Waals surface area contributed by atoms with Gasteiger partial charge in [0.05, 0.1) is 0 Å². The molecular weight excluding hydrogens is 324 g/mol. The third-order valence-electron chi connectivity index (χ3n) is 3.63. The van der Waals surface area contributed by atoms with Gasteiger partial charge in [0, 0.05) is 18.8 Å². The van der Waals surface area contributed by atoms with E-state index in [-0.39, 0.29) is 12.4 Å². The van der Waals surface area contributed by atoms with Crippen molar-refractivity contribution in [1.29, 1.82) is 0 Å². The van der Waals surface area contributed by atoms with Crippen LogP contribution in [0.4, 0.5) is 10.5 Å². The Hall–Kier alpha value is -2.04. The summed E-state index contributed by atoms with van der Waals surface area (Å²) >= 11 is 0. The van der Waals surface area contributed by atoms with Crippen LogP contribution in [0.25, 0.3) is 0 Å². The molecule has 0 aromatic heterocycles. The summed E-state index contributed by atoms with van der Waals surface area (Å²) in [5.41, 5.74) is 3.22. The Kier molecular flexibility index (Phi) is 8.90. The van der Waals surface area contributed by atoms with E-state index in [1.165, 1.54) is 5.56 Å². The van der Waals surface area contributed by atoms with E-state index in [1.807, 2.05) is 56.4 Å². The topological polar surface area (TPSA) is 41.6 Å². The summed E-state index contributed by atoms with van der Waals surface area (Å²) in [7, 11) is 2.03. The molecule has 1 N–H and O–H groups in total. The minimum atomic E-state index is -0.412. The van der Waals surface area contributed by atoms with Gasteiger partial charge in [-0.25, -0.2) is 4.79 Å². The lowest BCUT2D eigenvalue weighted by atomic mass is 10.1. The molecule has 0 saturated heterocycles. The van der Waals surface area contributed by atoms with Crippen molar-refractivity contribution in [1.82, 2.24) is 4.90 Å². The van der Waals surface area contributed by atoms with E-state index in [0.717, 1.165) is 24.2 Å². The number of benzene rings is 2. The Balaban J connectivity index is 0.00000288. The Morgan fingerprint density at radius 3 is 2.38 bits per heavy atom. The average molecular weight is 349 g/mol. The molecule has 24 heavy (non-hydrogen) atoms. The highest BCUT2D eigenvalue weighted by atomic mass is 35.5. The summed E-state index contributed by atoms with van der Waals surface area (Å²) < 4.78 is 5.21. The highest BCUT2D eigenvalue weighted by Gasteiger charge is 2.04. The van der Waals surface area contributed by atoms with Crippen LogP contribution >= 0.6 is 12.4 Å². The van der Waals surface area contributed by atoms with E-state index in [9.17, 15) is 4.79 Å². The standard InChI is InChI=1S/C19H24N2O2.ClH/c1-16-8-10-18(11-9-16)20-19(22)23-15-14-21(2)13-12-17-6-4-3-5-7-17;/h3-11H,12-15H2,1-2H3,(H,20,22);1H. The van der Waals surface area contributed by atoms with Crippen LogP contribution in [0, 0.1) is 6.92 Å². The van der Waals surface area contributed by atoms with Crippen LogP contribution < -0.4 is 5.32 Å². The number of aryl methyl sites for hydroxylation is 1. The monoisotopic (exact) mass is 348 g/mol. The number of nitrogens with one attached hydrogen (secondary N) is 1. The Morgan fingerprint density at radius 2 is 1.71 bits per heavy atom. The van der Waals surface area contributed by atoms with E-state index in [1.54, 1.807) is 0 Å². The summed E-state index contributed by atoms with van der Waals surface area (Å²) in [6.07, 6.45) is 0.581. The van der Waals surface area contributed by atoms with E-state index in [0.29, 0.717) is 13.2 Å².